The normalized spacial score (nSPS) is 12.9. The van der Waals surface area contributed by atoms with Crippen LogP contribution in [-0.2, 0) is 17.3 Å². The third kappa shape index (κ3) is 3.99. The molecule has 1 aromatic rings. The number of nitrogen functional groups attached to an aromatic ring is 1. The van der Waals surface area contributed by atoms with Crippen LogP contribution in [0.4, 0.5) is 5.69 Å². The summed E-state index contributed by atoms with van der Waals surface area (Å²) >= 11 is 0. The van der Waals surface area contributed by atoms with Crippen molar-refractivity contribution in [3.63, 3.8) is 0 Å². The molecule has 0 bridgehead atoms. The van der Waals surface area contributed by atoms with Crippen molar-refractivity contribution in [2.45, 2.75) is 72.6 Å². The number of anilines is 1. The molecular weight excluding hydrogens is 244 g/mol. The molecule has 0 heterocycles. The van der Waals surface area contributed by atoms with Crippen molar-refractivity contribution >= 4 is 5.69 Å². The number of benzene rings is 1. The van der Waals surface area contributed by atoms with Gasteiger partial charge in [-0.05, 0) is 39.9 Å². The lowest BCUT2D eigenvalue weighted by Crippen LogP contribution is -2.24. The summed E-state index contributed by atoms with van der Waals surface area (Å²) in [5.41, 5.74) is 8.24. The highest BCUT2D eigenvalue weighted by atomic mass is 15.2. The maximum absolute atomic E-state index is 5.85. The first-order valence-electron chi connectivity index (χ1n) is 7.61. The number of hydrazine groups is 1. The lowest BCUT2D eigenvalue weighted by atomic mass is 9.77. The van der Waals surface area contributed by atoms with Crippen molar-refractivity contribution in [2.24, 2.45) is 11.8 Å². The fourth-order valence-corrected chi connectivity index (χ4v) is 2.63. The van der Waals surface area contributed by atoms with Gasteiger partial charge in [-0.1, -0.05) is 67.5 Å². The summed E-state index contributed by atoms with van der Waals surface area (Å²) in [6.07, 6.45) is 1.11. The van der Waals surface area contributed by atoms with Gasteiger partial charge in [-0.25, -0.2) is 0 Å². The number of nitrogens with one attached hydrogen (secondary N) is 1. The Morgan fingerprint density at radius 3 is 1.60 bits per heavy atom. The zero-order chi connectivity index (χ0) is 15.7. The predicted octanol–water partition coefficient (Wildman–Crippen LogP) is 4.77. The molecule has 2 nitrogen and oxygen atoms in total. The van der Waals surface area contributed by atoms with E-state index in [1.165, 1.54) is 16.7 Å². The van der Waals surface area contributed by atoms with Crippen molar-refractivity contribution in [1.29, 1.82) is 0 Å². The van der Waals surface area contributed by atoms with Crippen LogP contribution in [0.25, 0.3) is 0 Å². The highest BCUT2D eigenvalue weighted by Gasteiger charge is 2.26. The number of hydrogen-bond acceptors (Lipinski definition) is 2. The molecule has 1 aromatic carbocycles. The summed E-state index contributed by atoms with van der Waals surface area (Å²) in [5, 5.41) is 0. The molecule has 0 aliphatic heterocycles. The lowest BCUT2D eigenvalue weighted by molar-refractivity contribution is 0.566. The zero-order valence-corrected chi connectivity index (χ0v) is 14.5. The van der Waals surface area contributed by atoms with Gasteiger partial charge in [-0.15, -0.1) is 0 Å². The molecule has 0 fully saturated rings. The van der Waals surface area contributed by atoms with Crippen LogP contribution in [0.2, 0.25) is 0 Å². The van der Waals surface area contributed by atoms with Crippen molar-refractivity contribution in [1.82, 2.24) is 0 Å². The second-order valence-electron chi connectivity index (χ2n) is 8.31. The Balaban J connectivity index is 3.56. The van der Waals surface area contributed by atoms with Crippen LogP contribution < -0.4 is 11.3 Å². The summed E-state index contributed by atoms with van der Waals surface area (Å²) in [7, 11) is 0. The third-order valence-electron chi connectivity index (χ3n) is 3.60. The largest absolute Gasteiger partial charge is 0.324 e. The summed E-state index contributed by atoms with van der Waals surface area (Å²) < 4.78 is 0. The van der Waals surface area contributed by atoms with E-state index in [9.17, 15) is 0 Å². The van der Waals surface area contributed by atoms with Gasteiger partial charge in [0, 0.05) is 0 Å². The minimum absolute atomic E-state index is 0.0781. The Kier molecular flexibility index (Phi) is 4.91. The molecule has 0 spiro atoms. The number of hydrogen-bond donors (Lipinski definition) is 2. The lowest BCUT2D eigenvalue weighted by Gasteiger charge is -2.31. The quantitative estimate of drug-likeness (QED) is 0.616. The zero-order valence-electron chi connectivity index (χ0n) is 14.5. The summed E-state index contributed by atoms with van der Waals surface area (Å²) in [4.78, 5) is 0. The van der Waals surface area contributed by atoms with E-state index in [1.54, 1.807) is 0 Å². The van der Waals surface area contributed by atoms with E-state index in [2.05, 4.69) is 72.9 Å². The standard InChI is InChI=1S/C18H32N2/c1-12(2)9-13-10-14(17(3,4)5)16(20-19)15(11-13)18(6,7)8/h10-12,20H,9,19H2,1-8H3. The van der Waals surface area contributed by atoms with E-state index in [-0.39, 0.29) is 10.8 Å². The molecule has 0 atom stereocenters. The first-order chi connectivity index (χ1) is 8.96. The van der Waals surface area contributed by atoms with E-state index in [1.807, 2.05) is 0 Å². The molecule has 20 heavy (non-hydrogen) atoms. The van der Waals surface area contributed by atoms with Gasteiger partial charge in [0.2, 0.25) is 0 Å². The maximum Gasteiger partial charge on any atom is 0.0559 e. The number of nitrogens with two attached hydrogens (primary N) is 1. The fraction of sp³-hybridized carbons (Fsp3) is 0.667. The Labute approximate surface area is 125 Å². The Hall–Kier alpha value is -1.02. The predicted molar refractivity (Wildman–Crippen MR) is 90.2 cm³/mol. The molecule has 0 aliphatic carbocycles. The highest BCUT2D eigenvalue weighted by Crippen LogP contribution is 2.38. The molecule has 0 saturated heterocycles. The molecule has 0 unspecified atom stereocenters. The summed E-state index contributed by atoms with van der Waals surface area (Å²) in [6.45, 7) is 18.0. The van der Waals surface area contributed by atoms with Crippen LogP contribution >= 0.6 is 0 Å². The molecule has 0 radical (unpaired) electrons. The Morgan fingerprint density at radius 1 is 0.950 bits per heavy atom. The molecular formula is C18H32N2. The molecule has 114 valence electrons. The first kappa shape index (κ1) is 17.0. The molecule has 0 amide bonds. The highest BCUT2D eigenvalue weighted by molar-refractivity contribution is 5.63. The second kappa shape index (κ2) is 5.77. The van der Waals surface area contributed by atoms with E-state index >= 15 is 0 Å². The van der Waals surface area contributed by atoms with Gasteiger partial charge >= 0.3 is 0 Å². The molecule has 2 heteroatoms. The van der Waals surface area contributed by atoms with E-state index in [4.69, 9.17) is 5.84 Å². The van der Waals surface area contributed by atoms with Crippen LogP contribution in [0.3, 0.4) is 0 Å². The van der Waals surface area contributed by atoms with E-state index in [0.29, 0.717) is 5.92 Å². The van der Waals surface area contributed by atoms with Crippen molar-refractivity contribution < 1.29 is 0 Å². The molecule has 0 aromatic heterocycles. The topological polar surface area (TPSA) is 38.0 Å². The average Bonchev–Trinajstić information content (AvgIpc) is 2.24. The summed E-state index contributed by atoms with van der Waals surface area (Å²) in [6, 6.07) is 4.65. The van der Waals surface area contributed by atoms with Crippen molar-refractivity contribution in [3.8, 4) is 0 Å². The molecule has 0 aliphatic rings. The van der Waals surface area contributed by atoms with Crippen LogP contribution in [0, 0.1) is 5.92 Å². The fourth-order valence-electron chi connectivity index (χ4n) is 2.63. The van der Waals surface area contributed by atoms with Crippen molar-refractivity contribution in [3.05, 3.63) is 28.8 Å². The molecule has 1 rings (SSSR count). The number of rotatable bonds is 3. The molecule has 3 N–H and O–H groups in total. The van der Waals surface area contributed by atoms with Gasteiger partial charge in [-0.3, -0.25) is 5.84 Å². The third-order valence-corrected chi connectivity index (χ3v) is 3.60. The maximum atomic E-state index is 5.85. The van der Waals surface area contributed by atoms with Crippen LogP contribution in [0.5, 0.6) is 0 Å². The second-order valence-corrected chi connectivity index (χ2v) is 8.31. The van der Waals surface area contributed by atoms with Crippen LogP contribution in [-0.4, -0.2) is 0 Å². The Morgan fingerprint density at radius 2 is 1.35 bits per heavy atom. The van der Waals surface area contributed by atoms with Gasteiger partial charge in [0.15, 0.2) is 0 Å². The minimum atomic E-state index is 0.0781. The smallest absolute Gasteiger partial charge is 0.0559 e. The Bertz CT molecular complexity index is 424. The van der Waals surface area contributed by atoms with Crippen LogP contribution in [0.1, 0.15) is 72.1 Å². The first-order valence-corrected chi connectivity index (χ1v) is 7.61. The van der Waals surface area contributed by atoms with Gasteiger partial charge < -0.3 is 5.43 Å². The van der Waals surface area contributed by atoms with E-state index in [0.717, 1.165) is 12.1 Å². The van der Waals surface area contributed by atoms with Gasteiger partial charge in [-0.2, -0.15) is 0 Å². The SMILES string of the molecule is CC(C)Cc1cc(C(C)(C)C)c(NN)c(C(C)(C)C)c1. The van der Waals surface area contributed by atoms with Gasteiger partial charge in [0.05, 0.1) is 5.69 Å². The van der Waals surface area contributed by atoms with Crippen molar-refractivity contribution in [2.75, 3.05) is 5.43 Å². The minimum Gasteiger partial charge on any atom is -0.324 e. The van der Waals surface area contributed by atoms with Gasteiger partial charge in [0.25, 0.3) is 0 Å². The van der Waals surface area contributed by atoms with Crippen LogP contribution in [0.15, 0.2) is 12.1 Å². The molecule has 0 saturated carbocycles. The summed E-state index contributed by atoms with van der Waals surface area (Å²) in [5.74, 6) is 6.51. The monoisotopic (exact) mass is 276 g/mol. The average molecular weight is 276 g/mol. The van der Waals surface area contributed by atoms with Gasteiger partial charge in [0.1, 0.15) is 0 Å². The van der Waals surface area contributed by atoms with E-state index < -0.39 is 0 Å².